The van der Waals surface area contributed by atoms with Crippen LogP contribution in [0.2, 0.25) is 0 Å². The van der Waals surface area contributed by atoms with E-state index >= 15 is 0 Å². The number of ketones is 1. The molecule has 2 heterocycles. The highest BCUT2D eigenvalue weighted by molar-refractivity contribution is 7.11. The highest BCUT2D eigenvalue weighted by Crippen LogP contribution is 2.55. The number of carbonyl (C=O) groups is 3. The van der Waals surface area contributed by atoms with Crippen molar-refractivity contribution in [1.82, 2.24) is 15.4 Å². The van der Waals surface area contributed by atoms with Gasteiger partial charge in [-0.1, -0.05) is 19.8 Å². The van der Waals surface area contributed by atoms with E-state index in [4.69, 9.17) is 5.21 Å². The van der Waals surface area contributed by atoms with E-state index in [-0.39, 0.29) is 29.9 Å². The standard InChI is InChI=1S/C20H29N3O4S/c1-3-4-5-14(8-17(25)22-27)19(26)23-12-20(6-7-20)10-15(23)16(24)9-18-21-11-13(2)28-18/h11,14-15,27H,3-10,12H2,1-2H3,(H,22,25)/t14-,15+/m1/s1. The van der Waals surface area contributed by atoms with Gasteiger partial charge in [0.15, 0.2) is 5.78 Å². The van der Waals surface area contributed by atoms with Gasteiger partial charge in [-0.2, -0.15) is 0 Å². The van der Waals surface area contributed by atoms with Gasteiger partial charge in [0.2, 0.25) is 11.8 Å². The van der Waals surface area contributed by atoms with Crippen molar-refractivity contribution in [3.8, 4) is 0 Å². The third-order valence-electron chi connectivity index (χ3n) is 5.93. The van der Waals surface area contributed by atoms with Crippen molar-refractivity contribution >= 4 is 28.9 Å². The van der Waals surface area contributed by atoms with Crippen LogP contribution in [-0.4, -0.2) is 45.3 Å². The maximum Gasteiger partial charge on any atom is 0.244 e. The van der Waals surface area contributed by atoms with Crippen molar-refractivity contribution in [3.63, 3.8) is 0 Å². The molecule has 1 aromatic heterocycles. The van der Waals surface area contributed by atoms with Gasteiger partial charge in [-0.25, -0.2) is 10.5 Å². The SMILES string of the molecule is CCCC[C@H](CC(=O)NO)C(=O)N1CC2(CC2)C[C@H]1C(=O)Cc1ncc(C)s1. The second-order valence-electron chi connectivity index (χ2n) is 8.27. The van der Waals surface area contributed by atoms with Gasteiger partial charge in [0.1, 0.15) is 5.01 Å². The average molecular weight is 408 g/mol. The summed E-state index contributed by atoms with van der Waals surface area (Å²) in [4.78, 5) is 45.1. The number of aryl methyl sites for hydroxylation is 1. The quantitative estimate of drug-likeness (QED) is 0.484. The van der Waals surface area contributed by atoms with E-state index in [9.17, 15) is 14.4 Å². The second kappa shape index (κ2) is 8.69. The topological polar surface area (TPSA) is 99.6 Å². The Morgan fingerprint density at radius 2 is 2.18 bits per heavy atom. The van der Waals surface area contributed by atoms with Crippen LogP contribution >= 0.6 is 11.3 Å². The largest absolute Gasteiger partial charge is 0.332 e. The first-order valence-corrected chi connectivity index (χ1v) is 10.9. The molecule has 0 radical (unpaired) electrons. The van der Waals surface area contributed by atoms with Crippen LogP contribution in [0.4, 0.5) is 0 Å². The minimum absolute atomic E-state index is 0.0346. The molecule has 1 saturated carbocycles. The number of Topliss-reactive ketones (excluding diaryl/α,β-unsaturated/α-hetero) is 1. The molecule has 1 saturated heterocycles. The smallest absolute Gasteiger partial charge is 0.244 e. The lowest BCUT2D eigenvalue weighted by molar-refractivity contribution is -0.144. The van der Waals surface area contributed by atoms with E-state index in [1.807, 2.05) is 13.8 Å². The number of amides is 2. The van der Waals surface area contributed by atoms with Gasteiger partial charge in [0.05, 0.1) is 12.5 Å². The zero-order valence-corrected chi connectivity index (χ0v) is 17.4. The van der Waals surface area contributed by atoms with E-state index in [0.29, 0.717) is 19.4 Å². The molecular formula is C20H29N3O4S. The highest BCUT2D eigenvalue weighted by Gasteiger charge is 2.55. The Morgan fingerprint density at radius 3 is 2.75 bits per heavy atom. The summed E-state index contributed by atoms with van der Waals surface area (Å²) in [5.41, 5.74) is 1.72. The fourth-order valence-corrected chi connectivity index (χ4v) is 4.93. The van der Waals surface area contributed by atoms with E-state index < -0.39 is 17.9 Å². The fourth-order valence-electron chi connectivity index (χ4n) is 4.13. The predicted octanol–water partition coefficient (Wildman–Crippen LogP) is 2.65. The molecule has 154 valence electrons. The van der Waals surface area contributed by atoms with Crippen LogP contribution in [0.15, 0.2) is 6.20 Å². The fraction of sp³-hybridized carbons (Fsp3) is 0.700. The average Bonchev–Trinajstić information content (AvgIpc) is 3.12. The van der Waals surface area contributed by atoms with Gasteiger partial charge in [-0.3, -0.25) is 19.6 Å². The summed E-state index contributed by atoms with van der Waals surface area (Å²) in [6.07, 6.45) is 7.10. The number of nitrogens with zero attached hydrogens (tertiary/aromatic N) is 2. The van der Waals surface area contributed by atoms with Gasteiger partial charge in [0, 0.05) is 30.0 Å². The van der Waals surface area contributed by atoms with Crippen LogP contribution in [0.3, 0.4) is 0 Å². The molecule has 1 aliphatic heterocycles. The van der Waals surface area contributed by atoms with Gasteiger partial charge >= 0.3 is 0 Å². The lowest BCUT2D eigenvalue weighted by Gasteiger charge is -2.28. The van der Waals surface area contributed by atoms with E-state index in [0.717, 1.165) is 35.6 Å². The highest BCUT2D eigenvalue weighted by atomic mass is 32.1. The molecule has 7 nitrogen and oxygen atoms in total. The first-order chi connectivity index (χ1) is 13.4. The number of likely N-dealkylation sites (tertiary alicyclic amines) is 1. The number of nitrogens with one attached hydrogen (secondary N) is 1. The Labute approximate surface area is 169 Å². The van der Waals surface area contributed by atoms with Crippen LogP contribution in [0.1, 0.15) is 61.8 Å². The van der Waals surface area contributed by atoms with Crippen LogP contribution in [-0.2, 0) is 20.8 Å². The van der Waals surface area contributed by atoms with Crippen molar-refractivity contribution in [2.45, 2.75) is 71.3 Å². The van der Waals surface area contributed by atoms with Crippen molar-refractivity contribution < 1.29 is 19.6 Å². The lowest BCUT2D eigenvalue weighted by atomic mass is 9.95. The van der Waals surface area contributed by atoms with Crippen LogP contribution in [0.5, 0.6) is 0 Å². The normalized spacial score (nSPS) is 21.0. The number of unbranched alkanes of at least 4 members (excludes halogenated alkanes) is 1. The Bertz CT molecular complexity index is 744. The summed E-state index contributed by atoms with van der Waals surface area (Å²) in [5.74, 6) is -1.16. The molecule has 28 heavy (non-hydrogen) atoms. The Balaban J connectivity index is 1.74. The maximum absolute atomic E-state index is 13.3. The third kappa shape index (κ3) is 4.78. The molecule has 2 N–H and O–H groups in total. The maximum atomic E-state index is 13.3. The molecule has 0 aromatic carbocycles. The number of hydrogen-bond acceptors (Lipinski definition) is 6. The van der Waals surface area contributed by atoms with Crippen molar-refractivity contribution in [3.05, 3.63) is 16.1 Å². The van der Waals surface area contributed by atoms with Gasteiger partial charge in [-0.15, -0.1) is 11.3 Å². The lowest BCUT2D eigenvalue weighted by Crippen LogP contribution is -2.45. The molecule has 1 aromatic rings. The molecular weight excluding hydrogens is 378 g/mol. The molecule has 8 heteroatoms. The molecule has 1 spiro atoms. The zero-order chi connectivity index (χ0) is 20.3. The second-order valence-corrected chi connectivity index (χ2v) is 9.59. The first-order valence-electron chi connectivity index (χ1n) is 10.0. The predicted molar refractivity (Wildman–Crippen MR) is 105 cm³/mol. The van der Waals surface area contributed by atoms with Crippen molar-refractivity contribution in [1.29, 1.82) is 0 Å². The summed E-state index contributed by atoms with van der Waals surface area (Å²) >= 11 is 1.51. The minimum Gasteiger partial charge on any atom is -0.332 e. The number of hydrogen-bond donors (Lipinski definition) is 2. The number of rotatable bonds is 9. The number of hydroxylamine groups is 1. The Kier molecular flexibility index (Phi) is 6.50. The van der Waals surface area contributed by atoms with Gasteiger partial charge < -0.3 is 4.90 Å². The van der Waals surface area contributed by atoms with Gasteiger partial charge in [0.25, 0.3) is 0 Å². The molecule has 0 bridgehead atoms. The van der Waals surface area contributed by atoms with Crippen LogP contribution < -0.4 is 5.48 Å². The van der Waals surface area contributed by atoms with E-state index in [1.165, 1.54) is 11.3 Å². The summed E-state index contributed by atoms with van der Waals surface area (Å²) in [6, 6.07) is -0.430. The molecule has 2 aliphatic rings. The van der Waals surface area contributed by atoms with Crippen LogP contribution in [0, 0.1) is 18.3 Å². The summed E-state index contributed by atoms with van der Waals surface area (Å²) in [5, 5.41) is 9.66. The number of carbonyl (C=O) groups excluding carboxylic acids is 3. The molecule has 3 rings (SSSR count). The first kappa shape index (κ1) is 20.9. The zero-order valence-electron chi connectivity index (χ0n) is 16.6. The Hall–Kier alpha value is -1.80. The van der Waals surface area contributed by atoms with Gasteiger partial charge in [-0.05, 0) is 38.0 Å². The summed E-state index contributed by atoms with van der Waals surface area (Å²) in [7, 11) is 0. The molecule has 2 atom stereocenters. The summed E-state index contributed by atoms with van der Waals surface area (Å²) in [6.45, 7) is 4.59. The number of thiazole rings is 1. The monoisotopic (exact) mass is 407 g/mol. The molecule has 1 aliphatic carbocycles. The van der Waals surface area contributed by atoms with E-state index in [2.05, 4.69) is 4.98 Å². The third-order valence-corrected chi connectivity index (χ3v) is 6.84. The summed E-state index contributed by atoms with van der Waals surface area (Å²) < 4.78 is 0. The van der Waals surface area contributed by atoms with Crippen molar-refractivity contribution in [2.75, 3.05) is 6.54 Å². The van der Waals surface area contributed by atoms with Crippen molar-refractivity contribution in [2.24, 2.45) is 11.3 Å². The molecule has 2 fully saturated rings. The molecule has 0 unspecified atom stereocenters. The Morgan fingerprint density at radius 1 is 1.43 bits per heavy atom. The minimum atomic E-state index is -0.559. The number of aromatic nitrogens is 1. The van der Waals surface area contributed by atoms with E-state index in [1.54, 1.807) is 16.6 Å². The van der Waals surface area contributed by atoms with Crippen LogP contribution in [0.25, 0.3) is 0 Å². The molecule has 2 amide bonds.